The van der Waals surface area contributed by atoms with E-state index in [1.807, 2.05) is 59.8 Å². The molecule has 3 aromatic carbocycles. The fourth-order valence-electron chi connectivity index (χ4n) is 19.7. The number of halogens is 6. The van der Waals surface area contributed by atoms with Crippen LogP contribution in [0.5, 0.6) is 34.9 Å². The number of phosphoric acid groups is 1. The lowest BCUT2D eigenvalue weighted by atomic mass is 9.67. The third kappa shape index (κ3) is 20.3. The van der Waals surface area contributed by atoms with Gasteiger partial charge in [-0.25, -0.2) is 19.6 Å². The molecule has 6 aromatic rings. The lowest BCUT2D eigenvalue weighted by Crippen LogP contribution is -2.77. The highest BCUT2D eigenvalue weighted by atomic mass is 35.5. The Bertz CT molecular complexity index is 5340. The maximum absolute atomic E-state index is 19.6. The molecule has 0 radical (unpaired) electrons. The molecule has 3 fully saturated rings. The number of aliphatic hydroxyl groups excluding tert-OH is 6. The number of aromatic nitrogens is 6. The molecule has 3 saturated heterocycles. The summed E-state index contributed by atoms with van der Waals surface area (Å²) in [7, 11) is -6.62. The molecule has 0 bridgehead atoms. The van der Waals surface area contributed by atoms with Gasteiger partial charge in [0.1, 0.15) is 35.4 Å². The molecule has 9 unspecified atom stereocenters. The van der Waals surface area contributed by atoms with Crippen molar-refractivity contribution in [3.8, 4) is 53.1 Å². The number of benzene rings is 3. The Balaban J connectivity index is 1.07. The standard InChI is InChI=1S/C93H123Cl6N18O19P/c1-49(2)55-43-67(106-115(76(55)118)70-31-25-28-34-128-70)131-73-58(94)37-52(38-59(73)95)112-82(124)109(79(121)64(46-100)103-112)91(85(7,8)9,86(10,11)12)134-137(127,135-92(87(13,14)15,88(16,17)18)110-80(122)65(47-101)104-113(83(110)125)53-39-60(96)74(61(97)40-53)132-68-44-56(50(3)4)77(119)116(107-68)71-32-26-29-35-129-71)136-93(89(19,20)21,90(22,23)24)111-81(123)66(48-102)105-114(84(111)126)54-41-62(98)75(63(99)42-54)133-69-45-57(51(5)6)78(120)117(108-69)72-33-27-30-36-130-72/h37-45,49-51,70-72,79-84,121-126H,25-36H2,1-24H3. The van der Waals surface area contributed by atoms with Gasteiger partial charge in [0.05, 0.1) is 47.2 Å². The summed E-state index contributed by atoms with van der Waals surface area (Å²) in [6.07, 6.45) is -10.8. The number of nitriles is 3. The Morgan fingerprint density at radius 3 is 0.759 bits per heavy atom. The molecule has 6 aliphatic heterocycles. The minimum absolute atomic E-state index is 0.101. The van der Waals surface area contributed by atoms with E-state index in [2.05, 4.69) is 30.6 Å². The van der Waals surface area contributed by atoms with Crippen LogP contribution in [-0.4, -0.2) is 167 Å². The number of hydrogen-bond acceptors (Lipinski definition) is 34. The Kier molecular flexibility index (Phi) is 31.8. The van der Waals surface area contributed by atoms with Gasteiger partial charge < -0.3 is 59.1 Å². The van der Waals surface area contributed by atoms with Gasteiger partial charge >= 0.3 is 7.82 Å². The molecule has 0 amide bonds. The molecule has 3 aromatic heterocycles. The summed E-state index contributed by atoms with van der Waals surface area (Å²) in [5, 5.41) is 145. The predicted octanol–water partition coefficient (Wildman–Crippen LogP) is 18.8. The summed E-state index contributed by atoms with van der Waals surface area (Å²) in [5.74, 6) is -1.89. The van der Waals surface area contributed by atoms with Crippen LogP contribution in [0.25, 0.3) is 0 Å². The van der Waals surface area contributed by atoms with Gasteiger partial charge in [0.15, 0.2) is 71.8 Å². The van der Waals surface area contributed by atoms with Crippen molar-refractivity contribution in [2.24, 2.45) is 47.8 Å². The maximum Gasteiger partial charge on any atom is 0.480 e. The highest BCUT2D eigenvalue weighted by Gasteiger charge is 2.74. The van der Waals surface area contributed by atoms with E-state index in [4.69, 9.17) is 112 Å². The van der Waals surface area contributed by atoms with Gasteiger partial charge in [-0.3, -0.25) is 28.0 Å². The fraction of sp³-hybridized carbons (Fsp3) is 0.613. The quantitative estimate of drug-likeness (QED) is 0.0306. The average Bonchev–Trinajstić information content (AvgIpc) is 0.682. The first-order valence-electron chi connectivity index (χ1n) is 45.4. The first kappa shape index (κ1) is 108. The van der Waals surface area contributed by atoms with Crippen molar-refractivity contribution in [1.82, 2.24) is 44.0 Å². The second-order valence-electron chi connectivity index (χ2n) is 41.9. The molecule has 9 atom stereocenters. The van der Waals surface area contributed by atoms with E-state index in [0.717, 1.165) is 68.3 Å². The zero-order chi connectivity index (χ0) is 102. The number of nitrogens with zero attached hydrogens (tertiary/aromatic N) is 18. The number of hydrazone groups is 3. The second kappa shape index (κ2) is 40.4. The zero-order valence-electron chi connectivity index (χ0n) is 81.4. The summed E-state index contributed by atoms with van der Waals surface area (Å²) in [5.41, 5.74) is -22.5. The highest BCUT2D eigenvalue weighted by Crippen LogP contribution is 2.73. The monoisotopic (exact) mass is 2040 g/mol. The number of rotatable bonds is 24. The normalized spacial score (nSPS) is 22.5. The van der Waals surface area contributed by atoms with Crippen molar-refractivity contribution in [2.75, 3.05) is 34.8 Å². The molecule has 746 valence electrons. The molecular weight excluding hydrogens is 1920 g/mol. The van der Waals surface area contributed by atoms with Crippen LogP contribution in [0.15, 0.2) is 84.3 Å². The Labute approximate surface area is 827 Å². The molecule has 6 N–H and O–H groups in total. The topological polar surface area (TPSA) is 454 Å². The van der Waals surface area contributed by atoms with Crippen LogP contribution < -0.4 is 45.9 Å². The summed E-state index contributed by atoms with van der Waals surface area (Å²) in [6, 6.07) is 17.8. The van der Waals surface area contributed by atoms with Crippen LogP contribution in [0.1, 0.15) is 277 Å². The number of aliphatic hydroxyl groups is 6. The predicted molar refractivity (Wildman–Crippen MR) is 518 cm³/mol. The largest absolute Gasteiger partial charge is 0.480 e. The van der Waals surface area contributed by atoms with Crippen molar-refractivity contribution in [1.29, 1.82) is 15.8 Å². The number of phosphoric ester groups is 1. The molecular formula is C93H123Cl6N18O19P. The van der Waals surface area contributed by atoms with Gasteiger partial charge in [0.2, 0.25) is 36.7 Å². The summed E-state index contributed by atoms with van der Waals surface area (Å²) < 4.78 is 84.0. The average molecular weight is 2040 g/mol. The van der Waals surface area contributed by atoms with E-state index >= 15 is 4.57 Å². The smallest absolute Gasteiger partial charge is 0.434 e. The number of anilines is 3. The molecule has 0 saturated carbocycles. The Hall–Kier alpha value is -8.05. The van der Waals surface area contributed by atoms with Crippen molar-refractivity contribution in [3.05, 3.63) is 132 Å². The van der Waals surface area contributed by atoms with Crippen molar-refractivity contribution < 1.29 is 77.2 Å². The van der Waals surface area contributed by atoms with Gasteiger partial charge in [-0.05, 0) is 112 Å². The lowest BCUT2D eigenvalue weighted by molar-refractivity contribution is -0.339. The lowest BCUT2D eigenvalue weighted by Gasteiger charge is -2.66. The van der Waals surface area contributed by atoms with Crippen LogP contribution in [0.4, 0.5) is 17.1 Å². The van der Waals surface area contributed by atoms with Crippen LogP contribution in [0.2, 0.25) is 30.1 Å². The van der Waals surface area contributed by atoms with E-state index in [1.165, 1.54) is 68.6 Å². The van der Waals surface area contributed by atoms with Crippen LogP contribution in [-0.2, 0) is 32.3 Å². The van der Waals surface area contributed by atoms with E-state index < -0.39 is 148 Å². The molecule has 0 aliphatic carbocycles. The van der Waals surface area contributed by atoms with Gasteiger partial charge in [0.25, 0.3) is 16.7 Å². The van der Waals surface area contributed by atoms with Gasteiger partial charge in [0, 0.05) is 87.2 Å². The number of hydrogen-bond donors (Lipinski definition) is 6. The molecule has 12 rings (SSSR count). The summed E-state index contributed by atoms with van der Waals surface area (Å²) in [6.45, 7) is 40.3. The van der Waals surface area contributed by atoms with Gasteiger partial charge in [-0.15, -0.1) is 15.3 Å². The fourth-order valence-corrected chi connectivity index (χ4v) is 24.4. The molecule has 137 heavy (non-hydrogen) atoms. The van der Waals surface area contributed by atoms with E-state index in [-0.39, 0.29) is 99.8 Å². The molecule has 37 nitrogen and oxygen atoms in total. The maximum atomic E-state index is 19.6. The molecule has 0 spiro atoms. The minimum atomic E-state index is -6.62. The molecule has 6 aliphatic rings. The van der Waals surface area contributed by atoms with E-state index in [9.17, 15) is 60.8 Å². The first-order chi connectivity index (χ1) is 63.6. The Morgan fingerprint density at radius 2 is 0.584 bits per heavy atom. The van der Waals surface area contributed by atoms with Crippen molar-refractivity contribution in [2.45, 2.75) is 315 Å². The third-order valence-electron chi connectivity index (χ3n) is 25.2. The van der Waals surface area contributed by atoms with Crippen LogP contribution in [0.3, 0.4) is 0 Å². The third-order valence-corrected chi connectivity index (χ3v) is 28.3. The minimum Gasteiger partial charge on any atom is -0.434 e. The first-order valence-corrected chi connectivity index (χ1v) is 49.1. The summed E-state index contributed by atoms with van der Waals surface area (Å²) >= 11 is 43.6. The van der Waals surface area contributed by atoms with Gasteiger partial charge in [-0.1, -0.05) is 236 Å². The van der Waals surface area contributed by atoms with Crippen molar-refractivity contribution >= 4 is 112 Å². The number of ether oxygens (including phenoxy) is 6. The zero-order valence-corrected chi connectivity index (χ0v) is 86.8. The van der Waals surface area contributed by atoms with Crippen molar-refractivity contribution in [3.63, 3.8) is 0 Å². The molecule has 9 heterocycles. The highest BCUT2D eigenvalue weighted by molar-refractivity contribution is 7.48. The SMILES string of the molecule is CC(C)c1cc(Oc2c(Cl)cc(N3N=C(C#N)C(O)N(C(OP(=O)(OC(N4C(O)C(C#N)=NN(c5cc(Cl)c(Oc6cc(C(C)C)c(=O)n(C7CCCCO7)n6)c(Cl)c5)C4O)(C(C)(C)C)C(C)(C)C)OC(N4C(O)C(C#N)=NN(c5cc(Cl)c(Oc6cc(C(C)C)c(=O)n(C7CCCCO7)n6)c(Cl)c5)C4O)(C(C)(C)C)C(C)(C)C)(C(C)(C)C)C(C)(C)C)C3O)cc2Cl)nn(C2CCCCO2)c1=O. The second-order valence-corrected chi connectivity index (χ2v) is 45.8. The van der Waals surface area contributed by atoms with E-state index in [1.54, 1.807) is 125 Å². The summed E-state index contributed by atoms with van der Waals surface area (Å²) in [4.78, 5) is 44.7. The van der Waals surface area contributed by atoms with Crippen LogP contribution in [0, 0.1) is 66.5 Å². The Morgan fingerprint density at radius 1 is 0.372 bits per heavy atom. The van der Waals surface area contributed by atoms with Crippen LogP contribution >= 0.6 is 77.4 Å². The van der Waals surface area contributed by atoms with E-state index in [0.29, 0.717) is 55.8 Å². The van der Waals surface area contributed by atoms with Gasteiger partial charge in [-0.2, -0.15) is 59.8 Å². The molecule has 44 heteroatoms.